The van der Waals surface area contributed by atoms with Crippen molar-refractivity contribution >= 4 is 48.7 Å². The second kappa shape index (κ2) is 9.01. The highest BCUT2D eigenvalue weighted by Crippen LogP contribution is 2.47. The predicted molar refractivity (Wildman–Crippen MR) is 105 cm³/mol. The fourth-order valence-electron chi connectivity index (χ4n) is 2.86. The van der Waals surface area contributed by atoms with Gasteiger partial charge in [0.2, 0.25) is 0 Å². The van der Waals surface area contributed by atoms with Crippen molar-refractivity contribution in [3.05, 3.63) is 57.6 Å². The summed E-state index contributed by atoms with van der Waals surface area (Å²) in [6.45, 7) is 0. The molecule has 0 heterocycles. The van der Waals surface area contributed by atoms with Crippen LogP contribution < -0.4 is 9.83 Å². The lowest BCUT2D eigenvalue weighted by Gasteiger charge is -2.21. The molecule has 178 valence electrons. The van der Waals surface area contributed by atoms with Crippen molar-refractivity contribution in [2.75, 3.05) is 0 Å². The number of benzene rings is 2. The number of rotatable bonds is 9. The summed E-state index contributed by atoms with van der Waals surface area (Å²) in [5.74, 6) is -13.7. The fourth-order valence-corrected chi connectivity index (χ4v) is 4.36. The van der Waals surface area contributed by atoms with Gasteiger partial charge in [-0.2, -0.15) is 0 Å². The van der Waals surface area contributed by atoms with E-state index in [-0.39, 0.29) is 0 Å². The van der Waals surface area contributed by atoms with Crippen molar-refractivity contribution in [2.24, 2.45) is 0 Å². The van der Waals surface area contributed by atoms with Gasteiger partial charge in [-0.05, 0) is 24.3 Å². The molecule has 0 radical (unpaired) electrons. The van der Waals surface area contributed by atoms with Crippen molar-refractivity contribution in [3.8, 4) is 5.75 Å². The summed E-state index contributed by atoms with van der Waals surface area (Å²) in [5, 5.41) is 54.3. The fraction of sp³-hybridized carbons (Fsp3) is 0. The molecule has 2 rings (SSSR count). The van der Waals surface area contributed by atoms with Gasteiger partial charge < -0.3 is 40.1 Å². The molecule has 0 aliphatic rings. The summed E-state index contributed by atoms with van der Waals surface area (Å²) in [5.41, 5.74) is -7.58. The summed E-state index contributed by atoms with van der Waals surface area (Å²) in [6, 6.07) is 2.02. The number of aromatic carboxylic acids is 6. The topological polar surface area (TPSA) is 270 Å². The van der Waals surface area contributed by atoms with Gasteiger partial charge in [-0.25, -0.2) is 33.3 Å². The van der Waals surface area contributed by atoms with Crippen molar-refractivity contribution in [1.29, 1.82) is 0 Å². The Kier molecular flexibility index (Phi) is 6.76. The van der Waals surface area contributed by atoms with Gasteiger partial charge in [0, 0.05) is 0 Å². The highest BCUT2D eigenvalue weighted by molar-refractivity contribution is 7.62. The average Bonchev–Trinajstić information content (AvgIpc) is 2.71. The number of carboxylic acids is 6. The van der Waals surface area contributed by atoms with Crippen molar-refractivity contribution < 1.29 is 73.4 Å². The molecule has 2 aromatic carbocycles. The summed E-state index contributed by atoms with van der Waals surface area (Å²) in [4.78, 5) is 79.8. The van der Waals surface area contributed by atoms with Gasteiger partial charge in [0.1, 0.15) is 16.4 Å². The zero-order chi connectivity index (χ0) is 26.1. The highest BCUT2D eigenvalue weighted by Gasteiger charge is 2.41. The molecule has 0 fully saturated rings. The molecule has 7 N–H and O–H groups in total. The largest absolute Gasteiger partial charge is 0.478 e. The first kappa shape index (κ1) is 25.5. The van der Waals surface area contributed by atoms with Crippen LogP contribution in [-0.2, 0) is 4.57 Å². The maximum absolute atomic E-state index is 13.1. The Bertz CT molecular complexity index is 1340. The lowest BCUT2D eigenvalue weighted by Crippen LogP contribution is -2.29. The van der Waals surface area contributed by atoms with E-state index in [1.165, 1.54) is 0 Å². The van der Waals surface area contributed by atoms with Crippen LogP contribution in [0.1, 0.15) is 62.1 Å². The second-order valence-corrected chi connectivity index (χ2v) is 7.86. The monoisotopic (exact) mass is 498 g/mol. The highest BCUT2D eigenvalue weighted by atomic mass is 31.2. The number of carboxylic acid groups (broad SMARTS) is 6. The molecule has 1 atom stereocenters. The van der Waals surface area contributed by atoms with E-state index in [9.17, 15) is 68.9 Å². The Hall–Kier alpha value is -4.75. The van der Waals surface area contributed by atoms with Crippen LogP contribution >= 0.6 is 7.60 Å². The molecule has 0 aromatic heterocycles. The molecule has 0 saturated carbocycles. The lowest BCUT2D eigenvalue weighted by molar-refractivity contribution is 0.0645. The van der Waals surface area contributed by atoms with Crippen LogP contribution in [0, 0.1) is 0 Å². The Morgan fingerprint density at radius 3 is 1.29 bits per heavy atom. The molecule has 15 nitrogen and oxygen atoms in total. The third-order valence-corrected chi connectivity index (χ3v) is 5.64. The van der Waals surface area contributed by atoms with E-state index in [0.717, 1.165) is 0 Å². The van der Waals surface area contributed by atoms with Crippen LogP contribution in [0.5, 0.6) is 5.75 Å². The van der Waals surface area contributed by atoms with E-state index < -0.39 is 87.8 Å². The third-order valence-electron chi connectivity index (χ3n) is 4.18. The first-order valence-electron chi connectivity index (χ1n) is 8.38. The minimum Gasteiger partial charge on any atom is -0.478 e. The smallest absolute Gasteiger partial charge is 0.410 e. The quantitative estimate of drug-likeness (QED) is 0.235. The molecule has 0 amide bonds. The molecule has 0 saturated heterocycles. The maximum Gasteiger partial charge on any atom is 0.410 e. The van der Waals surface area contributed by atoms with Crippen LogP contribution in [0.3, 0.4) is 0 Å². The molecule has 0 spiro atoms. The van der Waals surface area contributed by atoms with E-state index in [4.69, 9.17) is 0 Å². The van der Waals surface area contributed by atoms with Crippen molar-refractivity contribution in [3.63, 3.8) is 0 Å². The molecule has 1 unspecified atom stereocenters. The summed E-state index contributed by atoms with van der Waals surface area (Å²) < 4.78 is 17.8. The van der Waals surface area contributed by atoms with Crippen molar-refractivity contribution in [2.45, 2.75) is 0 Å². The first-order chi connectivity index (χ1) is 15.6. The Labute approximate surface area is 186 Å². The van der Waals surface area contributed by atoms with Gasteiger partial charge in [0.15, 0.2) is 5.75 Å². The van der Waals surface area contributed by atoms with E-state index in [2.05, 4.69) is 4.52 Å². The number of carbonyl (C=O) groups is 6. The van der Waals surface area contributed by atoms with Crippen LogP contribution in [0.4, 0.5) is 0 Å². The van der Waals surface area contributed by atoms with Gasteiger partial charge in [-0.3, -0.25) is 0 Å². The van der Waals surface area contributed by atoms with Crippen LogP contribution in [0.25, 0.3) is 0 Å². The Morgan fingerprint density at radius 1 is 0.559 bits per heavy atom. The lowest BCUT2D eigenvalue weighted by atomic mass is 10.0. The van der Waals surface area contributed by atoms with Gasteiger partial charge in [-0.15, -0.1) is 0 Å². The van der Waals surface area contributed by atoms with Crippen LogP contribution in [0.2, 0.25) is 0 Å². The predicted octanol–water partition coefficient (Wildman–Crippen LogP) is 0.766. The molecule has 34 heavy (non-hydrogen) atoms. The summed E-state index contributed by atoms with van der Waals surface area (Å²) in [6.07, 6.45) is 0. The SMILES string of the molecule is O=C(O)c1ccc(C(=O)O)c(C(=O)O)c1OP(=O)(O)c1c(C(=O)O)ccc(C(=O)O)c1C(=O)O. The number of hydrogen-bond acceptors (Lipinski definition) is 8. The van der Waals surface area contributed by atoms with Crippen LogP contribution in [-0.4, -0.2) is 71.3 Å². The van der Waals surface area contributed by atoms with Crippen molar-refractivity contribution in [1.82, 2.24) is 0 Å². The molecule has 0 aliphatic carbocycles. The molecule has 2 aromatic rings. The maximum atomic E-state index is 13.1. The zero-order valence-corrected chi connectivity index (χ0v) is 17.0. The minimum atomic E-state index is -5.94. The first-order valence-corrected chi connectivity index (χ1v) is 9.96. The third kappa shape index (κ3) is 4.55. The van der Waals surface area contributed by atoms with E-state index in [1.807, 2.05) is 0 Å². The summed E-state index contributed by atoms with van der Waals surface area (Å²) in [7, 11) is -5.94. The standard InChI is InChI=1S/C18H11O15P/c19-13(20)5-1-3-7(15(23)24)11(9(5)17(27)28)33-34(31,32)12-8(16(25)26)4-2-6(14(21)22)10(12)18(29)30/h1-4H,(H,19,20)(H,21,22)(H,23,24)(H,25,26)(H,27,28)(H,29,30)(H,31,32). The Balaban J connectivity index is 3.01. The second-order valence-electron chi connectivity index (χ2n) is 6.19. The van der Waals surface area contributed by atoms with E-state index in [0.29, 0.717) is 24.3 Å². The molecule has 0 aliphatic heterocycles. The minimum absolute atomic E-state index is 0.462. The molecular weight excluding hydrogens is 487 g/mol. The summed E-state index contributed by atoms with van der Waals surface area (Å²) >= 11 is 0. The molecular formula is C18H11O15P. The van der Waals surface area contributed by atoms with Gasteiger partial charge in [0.05, 0.1) is 22.3 Å². The van der Waals surface area contributed by atoms with E-state index >= 15 is 0 Å². The van der Waals surface area contributed by atoms with Gasteiger partial charge >= 0.3 is 43.4 Å². The van der Waals surface area contributed by atoms with Crippen LogP contribution in [0.15, 0.2) is 24.3 Å². The molecule has 0 bridgehead atoms. The van der Waals surface area contributed by atoms with Gasteiger partial charge in [-0.1, -0.05) is 0 Å². The zero-order valence-electron chi connectivity index (χ0n) is 16.2. The van der Waals surface area contributed by atoms with Gasteiger partial charge in [0.25, 0.3) is 0 Å². The normalized spacial score (nSPS) is 12.3. The average molecular weight is 498 g/mol. The molecule has 16 heteroatoms. The van der Waals surface area contributed by atoms with E-state index in [1.54, 1.807) is 0 Å². The Morgan fingerprint density at radius 2 is 0.912 bits per heavy atom. The number of hydrogen-bond donors (Lipinski definition) is 7.